The van der Waals surface area contributed by atoms with Crippen LogP contribution in [-0.2, 0) is 0 Å². The predicted molar refractivity (Wildman–Crippen MR) is 104 cm³/mol. The van der Waals surface area contributed by atoms with Crippen molar-refractivity contribution < 1.29 is 4.39 Å². The van der Waals surface area contributed by atoms with Gasteiger partial charge >= 0.3 is 0 Å². The second kappa shape index (κ2) is 6.50. The van der Waals surface area contributed by atoms with Crippen molar-refractivity contribution in [1.29, 1.82) is 0 Å². The van der Waals surface area contributed by atoms with Crippen LogP contribution in [0.25, 0.3) is 5.70 Å². The van der Waals surface area contributed by atoms with E-state index in [1.165, 1.54) is 6.07 Å². The normalized spacial score (nSPS) is 16.9. The molecule has 0 spiro atoms. The van der Waals surface area contributed by atoms with E-state index in [2.05, 4.69) is 16.3 Å². The molecular weight excluding hydrogens is 351 g/mol. The maximum absolute atomic E-state index is 14.6. The van der Waals surface area contributed by atoms with Gasteiger partial charge in [0.25, 0.3) is 0 Å². The number of benzene rings is 2. The van der Waals surface area contributed by atoms with Crippen LogP contribution in [0.4, 0.5) is 15.8 Å². The maximum atomic E-state index is 14.6. The number of rotatable bonds is 3. The average molecular weight is 369 g/mol. The molecule has 2 aromatic carbocycles. The molecule has 132 valence electrons. The van der Waals surface area contributed by atoms with Crippen LogP contribution in [-0.4, -0.2) is 16.2 Å². The highest BCUT2D eigenvalue weighted by molar-refractivity contribution is 6.30. The van der Waals surface area contributed by atoms with E-state index in [1.807, 2.05) is 54.2 Å². The number of aryl methyl sites for hydroxylation is 1. The number of hydrazine groups is 1. The topological polar surface area (TPSA) is 35.2 Å². The zero-order valence-corrected chi connectivity index (χ0v) is 15.2. The summed E-state index contributed by atoms with van der Waals surface area (Å²) in [7, 11) is 0. The van der Waals surface area contributed by atoms with Crippen LogP contribution in [0.15, 0.2) is 60.8 Å². The molecule has 1 atom stereocenters. The van der Waals surface area contributed by atoms with Crippen LogP contribution < -0.4 is 10.0 Å². The number of nitrogens with zero attached hydrogens (tertiary/aromatic N) is 3. The fourth-order valence-corrected chi connectivity index (χ4v) is 3.42. The van der Waals surface area contributed by atoms with Crippen LogP contribution in [0.2, 0.25) is 5.02 Å². The molecule has 1 N–H and O–H groups in total. The van der Waals surface area contributed by atoms with E-state index in [9.17, 15) is 4.39 Å². The quantitative estimate of drug-likeness (QED) is 0.691. The Labute approximate surface area is 156 Å². The van der Waals surface area contributed by atoms with Gasteiger partial charge in [0.05, 0.1) is 29.3 Å². The van der Waals surface area contributed by atoms with Crippen molar-refractivity contribution in [3.63, 3.8) is 0 Å². The molecule has 2 heterocycles. The highest BCUT2D eigenvalue weighted by Crippen LogP contribution is 2.39. The Morgan fingerprint density at radius 3 is 2.50 bits per heavy atom. The Morgan fingerprint density at radius 2 is 1.85 bits per heavy atom. The number of para-hydroxylation sites is 1. The number of H-pyrrole nitrogens is 1. The minimum absolute atomic E-state index is 0.0353. The van der Waals surface area contributed by atoms with Gasteiger partial charge in [-0.1, -0.05) is 23.7 Å². The summed E-state index contributed by atoms with van der Waals surface area (Å²) in [6, 6.07) is 14.3. The highest BCUT2D eigenvalue weighted by atomic mass is 35.5. The lowest BCUT2D eigenvalue weighted by molar-refractivity contribution is 0.615. The second-order valence-corrected chi connectivity index (χ2v) is 6.72. The first-order valence-corrected chi connectivity index (χ1v) is 8.75. The van der Waals surface area contributed by atoms with Gasteiger partial charge in [-0.2, -0.15) is 5.10 Å². The molecule has 1 aliphatic rings. The summed E-state index contributed by atoms with van der Waals surface area (Å²) in [5.41, 5.74) is 4.30. The molecule has 0 saturated heterocycles. The summed E-state index contributed by atoms with van der Waals surface area (Å²) in [6.45, 7) is 4.01. The lowest BCUT2D eigenvalue weighted by Gasteiger charge is -2.36. The van der Waals surface area contributed by atoms with Gasteiger partial charge in [-0.15, -0.1) is 0 Å². The van der Waals surface area contributed by atoms with Gasteiger partial charge in [0.2, 0.25) is 0 Å². The van der Waals surface area contributed by atoms with Crippen LogP contribution in [0.5, 0.6) is 0 Å². The minimum atomic E-state index is -0.267. The molecule has 0 fully saturated rings. The van der Waals surface area contributed by atoms with E-state index in [-0.39, 0.29) is 11.9 Å². The summed E-state index contributed by atoms with van der Waals surface area (Å²) in [4.78, 5) is 0. The SMILES string of the molecule is Cc1[nH]ncc1C1=CC(C)N(c2ccccc2F)N1c1ccc(Cl)cc1. The van der Waals surface area contributed by atoms with Gasteiger partial charge in [-0.25, -0.2) is 4.39 Å². The first-order valence-electron chi connectivity index (χ1n) is 8.38. The van der Waals surface area contributed by atoms with E-state index in [0.717, 1.165) is 22.6 Å². The Bertz CT molecular complexity index is 964. The van der Waals surface area contributed by atoms with Crippen molar-refractivity contribution in [2.75, 3.05) is 10.0 Å². The molecule has 0 amide bonds. The summed E-state index contributed by atoms with van der Waals surface area (Å²) in [5.74, 6) is -0.267. The molecular formula is C20H18ClFN4. The molecule has 1 unspecified atom stereocenters. The van der Waals surface area contributed by atoms with E-state index < -0.39 is 0 Å². The van der Waals surface area contributed by atoms with Crippen LogP contribution >= 0.6 is 11.6 Å². The molecule has 0 aliphatic carbocycles. The van der Waals surface area contributed by atoms with E-state index in [0.29, 0.717) is 10.7 Å². The Morgan fingerprint density at radius 1 is 1.12 bits per heavy atom. The van der Waals surface area contributed by atoms with Crippen molar-refractivity contribution in [2.24, 2.45) is 0 Å². The Balaban J connectivity index is 1.88. The summed E-state index contributed by atoms with van der Waals surface area (Å²) < 4.78 is 14.6. The fourth-order valence-electron chi connectivity index (χ4n) is 3.29. The van der Waals surface area contributed by atoms with Crippen molar-refractivity contribution in [3.05, 3.63) is 82.9 Å². The van der Waals surface area contributed by atoms with Gasteiger partial charge < -0.3 is 0 Å². The van der Waals surface area contributed by atoms with Gasteiger partial charge in [-0.3, -0.25) is 15.1 Å². The minimum Gasteiger partial charge on any atom is -0.282 e. The van der Waals surface area contributed by atoms with Crippen LogP contribution in [0.1, 0.15) is 18.2 Å². The predicted octanol–water partition coefficient (Wildman–Crippen LogP) is 5.18. The molecule has 0 bridgehead atoms. The Hall–Kier alpha value is -2.79. The molecule has 4 rings (SSSR count). The van der Waals surface area contributed by atoms with Crippen molar-refractivity contribution in [1.82, 2.24) is 10.2 Å². The average Bonchev–Trinajstić information content (AvgIpc) is 3.19. The number of anilines is 2. The number of halogens is 2. The number of hydrogen-bond donors (Lipinski definition) is 1. The van der Waals surface area contributed by atoms with Crippen LogP contribution in [0, 0.1) is 12.7 Å². The van der Waals surface area contributed by atoms with Gasteiger partial charge in [0.1, 0.15) is 5.82 Å². The first kappa shape index (κ1) is 16.7. The number of hydrogen-bond acceptors (Lipinski definition) is 3. The third-order valence-electron chi connectivity index (χ3n) is 4.50. The molecule has 0 radical (unpaired) electrons. The van der Waals surface area contributed by atoms with E-state index in [4.69, 9.17) is 11.6 Å². The third kappa shape index (κ3) is 2.74. The van der Waals surface area contributed by atoms with Crippen molar-refractivity contribution in [3.8, 4) is 0 Å². The summed E-state index contributed by atoms with van der Waals surface area (Å²) >= 11 is 6.07. The van der Waals surface area contributed by atoms with E-state index in [1.54, 1.807) is 18.3 Å². The molecule has 6 heteroatoms. The lowest BCUT2D eigenvalue weighted by atomic mass is 10.1. The number of aromatic nitrogens is 2. The Kier molecular flexibility index (Phi) is 4.17. The monoisotopic (exact) mass is 368 g/mol. The van der Waals surface area contributed by atoms with E-state index >= 15 is 0 Å². The molecule has 4 nitrogen and oxygen atoms in total. The summed E-state index contributed by atoms with van der Waals surface area (Å²) in [5, 5.41) is 11.7. The molecule has 1 aliphatic heterocycles. The molecule has 3 aromatic rings. The lowest BCUT2D eigenvalue weighted by Crippen LogP contribution is -2.42. The third-order valence-corrected chi connectivity index (χ3v) is 4.76. The highest BCUT2D eigenvalue weighted by Gasteiger charge is 2.34. The van der Waals surface area contributed by atoms with Gasteiger partial charge in [0.15, 0.2) is 0 Å². The molecule has 26 heavy (non-hydrogen) atoms. The van der Waals surface area contributed by atoms with Crippen LogP contribution in [0.3, 0.4) is 0 Å². The maximum Gasteiger partial charge on any atom is 0.148 e. The van der Waals surface area contributed by atoms with Crippen molar-refractivity contribution in [2.45, 2.75) is 19.9 Å². The zero-order valence-electron chi connectivity index (χ0n) is 14.4. The molecule has 1 aromatic heterocycles. The van der Waals surface area contributed by atoms with Gasteiger partial charge in [0, 0.05) is 16.3 Å². The van der Waals surface area contributed by atoms with Gasteiger partial charge in [-0.05, 0) is 56.3 Å². The largest absolute Gasteiger partial charge is 0.282 e. The van der Waals surface area contributed by atoms with Crippen molar-refractivity contribution >= 4 is 28.7 Å². The second-order valence-electron chi connectivity index (χ2n) is 6.29. The molecule has 0 saturated carbocycles. The number of nitrogens with one attached hydrogen (secondary N) is 1. The fraction of sp³-hybridized carbons (Fsp3) is 0.150. The smallest absolute Gasteiger partial charge is 0.148 e. The summed E-state index contributed by atoms with van der Waals surface area (Å²) in [6.07, 6.45) is 3.90. The standard InChI is InChI=1S/C20H18ClFN4/c1-13-11-20(17-12-23-24-14(17)2)26(16-9-7-15(21)8-10-16)25(13)19-6-4-3-5-18(19)22/h3-13H,1-2H3,(H,23,24). The number of aromatic amines is 1. The first-order chi connectivity index (χ1) is 12.6. The zero-order chi connectivity index (χ0) is 18.3.